The van der Waals surface area contributed by atoms with Crippen LogP contribution in [-0.2, 0) is 10.0 Å². The highest BCUT2D eigenvalue weighted by Gasteiger charge is 2.23. The van der Waals surface area contributed by atoms with Crippen molar-refractivity contribution < 1.29 is 32.2 Å². The van der Waals surface area contributed by atoms with Crippen molar-refractivity contribution in [3.63, 3.8) is 0 Å². The van der Waals surface area contributed by atoms with Gasteiger partial charge >= 0.3 is 5.97 Å². The number of nitrogens with one attached hydrogen (secondary N) is 1. The van der Waals surface area contributed by atoms with Crippen molar-refractivity contribution in [2.75, 3.05) is 18.9 Å². The number of hydrogen-bond acceptors (Lipinski definition) is 5. The van der Waals surface area contributed by atoms with Gasteiger partial charge in [-0.15, -0.1) is 0 Å². The number of hydrogen-bond donors (Lipinski definition) is 2. The number of sulfonamides is 1. The Hall–Kier alpha value is -2.81. The fraction of sp³-hybridized carbons (Fsp3) is 0.188. The lowest BCUT2D eigenvalue weighted by molar-refractivity contribution is 0.0697. The maximum atomic E-state index is 13.2. The Labute approximate surface area is 144 Å². The number of aryl methyl sites for hydroxylation is 1. The molecule has 2 rings (SSSR count). The molecule has 0 atom stereocenters. The molecule has 0 saturated carbocycles. The first kappa shape index (κ1) is 18.5. The number of aromatic carboxylic acids is 1. The first-order valence-electron chi connectivity index (χ1n) is 6.98. The van der Waals surface area contributed by atoms with E-state index in [9.17, 15) is 22.7 Å². The topological polar surface area (TPSA) is 102 Å². The Bertz CT molecular complexity index is 926. The van der Waals surface area contributed by atoms with Gasteiger partial charge in [-0.2, -0.15) is 0 Å². The van der Waals surface area contributed by atoms with Crippen LogP contribution in [0.3, 0.4) is 0 Å². The van der Waals surface area contributed by atoms with E-state index < -0.39 is 21.8 Å². The highest BCUT2D eigenvalue weighted by atomic mass is 32.2. The average molecular weight is 369 g/mol. The maximum Gasteiger partial charge on any atom is 0.337 e. The molecule has 0 aliphatic carbocycles. The van der Waals surface area contributed by atoms with Crippen LogP contribution in [0.5, 0.6) is 11.5 Å². The molecule has 7 nitrogen and oxygen atoms in total. The molecular weight excluding hydrogens is 353 g/mol. The fourth-order valence-corrected chi connectivity index (χ4v) is 3.55. The molecule has 134 valence electrons. The molecule has 0 unspecified atom stereocenters. The Morgan fingerprint density at radius 3 is 2.24 bits per heavy atom. The first-order chi connectivity index (χ1) is 11.7. The second-order valence-electron chi connectivity index (χ2n) is 5.07. The number of anilines is 1. The Kier molecular flexibility index (Phi) is 5.17. The van der Waals surface area contributed by atoms with Crippen LogP contribution in [0.4, 0.5) is 10.1 Å². The third-order valence-electron chi connectivity index (χ3n) is 3.42. The van der Waals surface area contributed by atoms with E-state index in [0.29, 0.717) is 0 Å². The molecule has 0 aromatic heterocycles. The van der Waals surface area contributed by atoms with Crippen molar-refractivity contribution in [1.29, 1.82) is 0 Å². The molecule has 2 aromatic carbocycles. The van der Waals surface area contributed by atoms with Gasteiger partial charge < -0.3 is 14.6 Å². The predicted octanol–water partition coefficient (Wildman–Crippen LogP) is 2.65. The van der Waals surface area contributed by atoms with E-state index in [4.69, 9.17) is 9.47 Å². The summed E-state index contributed by atoms with van der Waals surface area (Å²) in [5.41, 5.74) is -0.334. The molecule has 9 heteroatoms. The second kappa shape index (κ2) is 6.98. The maximum absolute atomic E-state index is 13.2. The van der Waals surface area contributed by atoms with Gasteiger partial charge in [0.25, 0.3) is 10.0 Å². The molecule has 0 spiro atoms. The zero-order valence-corrected chi connectivity index (χ0v) is 14.5. The van der Waals surface area contributed by atoms with E-state index in [1.54, 1.807) is 0 Å². The van der Waals surface area contributed by atoms with Crippen LogP contribution in [-0.4, -0.2) is 33.7 Å². The molecular formula is C16H16FNO6S. The predicted molar refractivity (Wildman–Crippen MR) is 88.5 cm³/mol. The lowest BCUT2D eigenvalue weighted by Crippen LogP contribution is -2.17. The van der Waals surface area contributed by atoms with Crippen molar-refractivity contribution in [3.8, 4) is 11.5 Å². The number of halogens is 1. The van der Waals surface area contributed by atoms with Gasteiger partial charge in [0.15, 0.2) is 11.5 Å². The van der Waals surface area contributed by atoms with Crippen LogP contribution in [0.1, 0.15) is 15.9 Å². The summed E-state index contributed by atoms with van der Waals surface area (Å²) in [6.07, 6.45) is 0. The smallest absolute Gasteiger partial charge is 0.337 e. The zero-order valence-electron chi connectivity index (χ0n) is 13.7. The van der Waals surface area contributed by atoms with Crippen LogP contribution < -0.4 is 14.2 Å². The SMILES string of the molecule is COc1cc(NS(=O)(=O)c2ccc(F)cc2C)c(C(=O)O)cc1OC. The number of benzene rings is 2. The molecule has 0 fully saturated rings. The molecule has 0 aliphatic rings. The number of methoxy groups -OCH3 is 2. The van der Waals surface area contributed by atoms with Gasteiger partial charge in [0, 0.05) is 12.1 Å². The van der Waals surface area contributed by atoms with Crippen LogP contribution in [0.15, 0.2) is 35.2 Å². The lowest BCUT2D eigenvalue weighted by Gasteiger charge is -2.15. The molecule has 0 amide bonds. The summed E-state index contributed by atoms with van der Waals surface area (Å²) in [7, 11) is -1.48. The Balaban J connectivity index is 2.56. The van der Waals surface area contributed by atoms with Crippen LogP contribution >= 0.6 is 0 Å². The van der Waals surface area contributed by atoms with Gasteiger partial charge in [-0.05, 0) is 30.7 Å². The summed E-state index contributed by atoms with van der Waals surface area (Å²) in [4.78, 5) is 11.3. The van der Waals surface area contributed by atoms with Gasteiger partial charge in [-0.1, -0.05) is 0 Å². The van der Waals surface area contributed by atoms with E-state index in [0.717, 1.165) is 24.3 Å². The molecule has 2 aromatic rings. The zero-order chi connectivity index (χ0) is 18.8. The Morgan fingerprint density at radius 2 is 1.72 bits per heavy atom. The third kappa shape index (κ3) is 3.82. The van der Waals surface area contributed by atoms with Gasteiger partial charge in [-0.3, -0.25) is 4.72 Å². The van der Waals surface area contributed by atoms with Crippen LogP contribution in [0, 0.1) is 12.7 Å². The van der Waals surface area contributed by atoms with Crippen molar-refractivity contribution in [1.82, 2.24) is 0 Å². The summed E-state index contributed by atoms with van der Waals surface area (Å²) in [5.74, 6) is -1.63. The van der Waals surface area contributed by atoms with E-state index in [2.05, 4.69) is 4.72 Å². The number of carboxylic acids is 1. The Morgan fingerprint density at radius 1 is 1.12 bits per heavy atom. The molecule has 0 heterocycles. The molecule has 0 aliphatic heterocycles. The summed E-state index contributed by atoms with van der Waals surface area (Å²) in [6, 6.07) is 5.54. The summed E-state index contributed by atoms with van der Waals surface area (Å²) < 4.78 is 50.6. The van der Waals surface area contributed by atoms with Crippen molar-refractivity contribution in [3.05, 3.63) is 47.3 Å². The summed E-state index contributed by atoms with van der Waals surface area (Å²) >= 11 is 0. The molecule has 0 bridgehead atoms. The lowest BCUT2D eigenvalue weighted by atomic mass is 10.1. The first-order valence-corrected chi connectivity index (χ1v) is 8.46. The third-order valence-corrected chi connectivity index (χ3v) is 4.95. The van der Waals surface area contributed by atoms with Gasteiger partial charge in [0.1, 0.15) is 5.82 Å². The van der Waals surface area contributed by atoms with Gasteiger partial charge in [-0.25, -0.2) is 17.6 Å². The average Bonchev–Trinajstić information content (AvgIpc) is 2.53. The minimum Gasteiger partial charge on any atom is -0.493 e. The largest absolute Gasteiger partial charge is 0.493 e. The number of rotatable bonds is 6. The van der Waals surface area contributed by atoms with Crippen LogP contribution in [0.2, 0.25) is 0 Å². The summed E-state index contributed by atoms with van der Waals surface area (Å²) in [6.45, 7) is 1.43. The van der Waals surface area contributed by atoms with Crippen molar-refractivity contribution in [2.24, 2.45) is 0 Å². The van der Waals surface area contributed by atoms with Gasteiger partial charge in [0.05, 0.1) is 30.4 Å². The standard InChI is InChI=1S/C16H16FNO6S/c1-9-6-10(17)4-5-15(9)25(21,22)18-12-8-14(24-3)13(23-2)7-11(12)16(19)20/h4-8,18H,1-3H3,(H,19,20). The minimum absolute atomic E-state index is 0.140. The molecule has 0 radical (unpaired) electrons. The van der Waals surface area contributed by atoms with E-state index in [1.807, 2.05) is 0 Å². The highest BCUT2D eigenvalue weighted by molar-refractivity contribution is 7.92. The number of carbonyl (C=O) groups is 1. The molecule has 25 heavy (non-hydrogen) atoms. The van der Waals surface area contributed by atoms with Crippen LogP contribution in [0.25, 0.3) is 0 Å². The summed E-state index contributed by atoms with van der Waals surface area (Å²) in [5, 5.41) is 9.33. The van der Waals surface area contributed by atoms with Crippen molar-refractivity contribution >= 4 is 21.7 Å². The molecule has 2 N–H and O–H groups in total. The second-order valence-corrected chi connectivity index (χ2v) is 6.72. The quantitative estimate of drug-likeness (QED) is 0.812. The molecule has 0 saturated heterocycles. The normalized spacial score (nSPS) is 11.0. The minimum atomic E-state index is -4.14. The highest BCUT2D eigenvalue weighted by Crippen LogP contribution is 2.34. The van der Waals surface area contributed by atoms with E-state index in [1.165, 1.54) is 27.2 Å². The van der Waals surface area contributed by atoms with Gasteiger partial charge in [0.2, 0.25) is 0 Å². The van der Waals surface area contributed by atoms with Crippen molar-refractivity contribution in [2.45, 2.75) is 11.8 Å². The van der Waals surface area contributed by atoms with E-state index in [-0.39, 0.29) is 33.2 Å². The monoisotopic (exact) mass is 369 g/mol. The van der Waals surface area contributed by atoms with E-state index >= 15 is 0 Å². The number of carboxylic acid groups (broad SMARTS) is 1. The fourth-order valence-electron chi connectivity index (χ4n) is 2.25. The number of ether oxygens (including phenoxy) is 2.